The van der Waals surface area contributed by atoms with Crippen molar-refractivity contribution >= 4 is 5.91 Å². The van der Waals surface area contributed by atoms with Crippen LogP contribution >= 0.6 is 0 Å². The summed E-state index contributed by atoms with van der Waals surface area (Å²) in [6.07, 6.45) is 3.57. The molecule has 15 heavy (non-hydrogen) atoms. The van der Waals surface area contributed by atoms with Crippen molar-refractivity contribution in [3.05, 3.63) is 24.3 Å². The highest BCUT2D eigenvalue weighted by Crippen LogP contribution is 2.00. The molecular weight excluding hydrogens is 194 g/mol. The third-order valence-corrected chi connectivity index (χ3v) is 2.29. The molecule has 0 aliphatic carbocycles. The summed E-state index contributed by atoms with van der Waals surface area (Å²) in [5.41, 5.74) is 0. The molecule has 80 valence electrons. The minimum Gasteiger partial charge on any atom is -0.378 e. The van der Waals surface area contributed by atoms with Crippen molar-refractivity contribution in [1.82, 2.24) is 14.9 Å². The lowest BCUT2D eigenvalue weighted by Gasteiger charge is -2.26. The highest BCUT2D eigenvalue weighted by atomic mass is 16.5. The number of carbonyl (C=O) groups is 1. The third kappa shape index (κ3) is 2.73. The summed E-state index contributed by atoms with van der Waals surface area (Å²) >= 11 is 0. The van der Waals surface area contributed by atoms with Crippen LogP contribution in [0.2, 0.25) is 0 Å². The summed E-state index contributed by atoms with van der Waals surface area (Å²) in [7, 11) is 0. The molecule has 1 aliphatic rings. The molecule has 1 saturated heterocycles. The van der Waals surface area contributed by atoms with Crippen LogP contribution in [-0.4, -0.2) is 47.1 Å². The lowest BCUT2D eigenvalue weighted by Crippen LogP contribution is -2.41. The second-order valence-corrected chi connectivity index (χ2v) is 3.33. The van der Waals surface area contributed by atoms with Gasteiger partial charge in [0.1, 0.15) is 5.82 Å². The molecule has 1 fully saturated rings. The van der Waals surface area contributed by atoms with E-state index in [0.717, 1.165) is 0 Å². The molecule has 0 spiro atoms. The van der Waals surface area contributed by atoms with E-state index >= 15 is 0 Å². The van der Waals surface area contributed by atoms with E-state index in [-0.39, 0.29) is 12.3 Å². The number of carbonyl (C=O) groups excluding carboxylic acids is 1. The zero-order chi connectivity index (χ0) is 10.5. The van der Waals surface area contributed by atoms with E-state index in [9.17, 15) is 4.79 Å². The Morgan fingerprint density at radius 1 is 1.33 bits per heavy atom. The van der Waals surface area contributed by atoms with E-state index in [2.05, 4.69) is 9.97 Å². The summed E-state index contributed by atoms with van der Waals surface area (Å²) in [4.78, 5) is 21.6. The molecule has 0 radical (unpaired) electrons. The van der Waals surface area contributed by atoms with Crippen molar-refractivity contribution in [2.24, 2.45) is 0 Å². The Morgan fingerprint density at radius 3 is 2.67 bits per heavy atom. The molecule has 2 heterocycles. The number of hydrogen-bond donors (Lipinski definition) is 0. The Balaban J connectivity index is 1.91. The van der Waals surface area contributed by atoms with Crippen LogP contribution in [-0.2, 0) is 16.0 Å². The quantitative estimate of drug-likeness (QED) is 0.678. The van der Waals surface area contributed by atoms with Crippen molar-refractivity contribution in [3.8, 4) is 0 Å². The fourth-order valence-corrected chi connectivity index (χ4v) is 1.48. The standard InChI is InChI=1S/C10H13N3O2/c14-10(13-4-6-15-7-5-13)8-9-11-2-1-3-12-9/h1-3H,4-8H2. The lowest BCUT2D eigenvalue weighted by atomic mass is 10.3. The summed E-state index contributed by atoms with van der Waals surface area (Å²) in [6, 6.07) is 1.74. The van der Waals surface area contributed by atoms with Gasteiger partial charge in [-0.25, -0.2) is 9.97 Å². The number of aromatic nitrogens is 2. The van der Waals surface area contributed by atoms with E-state index < -0.39 is 0 Å². The van der Waals surface area contributed by atoms with E-state index in [1.807, 2.05) is 0 Å². The molecule has 0 N–H and O–H groups in total. The van der Waals surface area contributed by atoms with Gasteiger partial charge in [0.05, 0.1) is 19.6 Å². The van der Waals surface area contributed by atoms with Crippen LogP contribution in [0.15, 0.2) is 18.5 Å². The molecule has 1 aromatic heterocycles. The van der Waals surface area contributed by atoms with Crippen LogP contribution < -0.4 is 0 Å². The molecule has 0 saturated carbocycles. The largest absolute Gasteiger partial charge is 0.378 e. The predicted octanol–water partition coefficient (Wildman–Crippen LogP) is -0.122. The van der Waals surface area contributed by atoms with Gasteiger partial charge < -0.3 is 9.64 Å². The van der Waals surface area contributed by atoms with Crippen LogP contribution in [0.3, 0.4) is 0 Å². The normalized spacial score (nSPS) is 16.4. The van der Waals surface area contributed by atoms with E-state index in [1.165, 1.54) is 0 Å². The van der Waals surface area contributed by atoms with Gasteiger partial charge in [-0.1, -0.05) is 0 Å². The van der Waals surface area contributed by atoms with Crippen LogP contribution in [0, 0.1) is 0 Å². The van der Waals surface area contributed by atoms with Crippen LogP contribution in [0.4, 0.5) is 0 Å². The summed E-state index contributed by atoms with van der Waals surface area (Å²) < 4.78 is 5.17. The second-order valence-electron chi connectivity index (χ2n) is 3.33. The Morgan fingerprint density at radius 2 is 2.00 bits per heavy atom. The van der Waals surface area contributed by atoms with Crippen molar-refractivity contribution in [2.75, 3.05) is 26.3 Å². The van der Waals surface area contributed by atoms with Gasteiger partial charge in [-0.05, 0) is 6.07 Å². The predicted molar refractivity (Wildman–Crippen MR) is 53.1 cm³/mol. The second kappa shape index (κ2) is 4.84. The van der Waals surface area contributed by atoms with Crippen LogP contribution in [0.5, 0.6) is 0 Å². The first-order valence-corrected chi connectivity index (χ1v) is 4.97. The first kappa shape index (κ1) is 10.0. The highest BCUT2D eigenvalue weighted by Gasteiger charge is 2.17. The fourth-order valence-electron chi connectivity index (χ4n) is 1.48. The smallest absolute Gasteiger partial charge is 0.230 e. The number of ether oxygens (including phenoxy) is 1. The Bertz CT molecular complexity index is 323. The van der Waals surface area contributed by atoms with Gasteiger partial charge in [-0.3, -0.25) is 4.79 Å². The molecule has 0 unspecified atom stereocenters. The fraction of sp³-hybridized carbons (Fsp3) is 0.500. The SMILES string of the molecule is O=C(Cc1ncccn1)N1CCOCC1. The first-order valence-electron chi connectivity index (χ1n) is 4.97. The monoisotopic (exact) mass is 207 g/mol. The van der Waals surface area contributed by atoms with Crippen molar-refractivity contribution < 1.29 is 9.53 Å². The average molecular weight is 207 g/mol. The topological polar surface area (TPSA) is 55.3 Å². The van der Waals surface area contributed by atoms with Gasteiger partial charge >= 0.3 is 0 Å². The maximum atomic E-state index is 11.8. The van der Waals surface area contributed by atoms with Crippen molar-refractivity contribution in [1.29, 1.82) is 0 Å². The Labute approximate surface area is 88.1 Å². The molecule has 0 bridgehead atoms. The van der Waals surface area contributed by atoms with E-state index in [0.29, 0.717) is 32.1 Å². The third-order valence-electron chi connectivity index (χ3n) is 2.29. The Kier molecular flexibility index (Phi) is 3.24. The van der Waals surface area contributed by atoms with Crippen molar-refractivity contribution in [3.63, 3.8) is 0 Å². The number of nitrogens with zero attached hydrogens (tertiary/aromatic N) is 3. The molecule has 0 aromatic carbocycles. The molecule has 5 heteroatoms. The summed E-state index contributed by atoms with van der Waals surface area (Å²) in [5.74, 6) is 0.651. The van der Waals surface area contributed by atoms with Gasteiger partial charge in [-0.2, -0.15) is 0 Å². The molecule has 5 nitrogen and oxygen atoms in total. The molecule has 1 amide bonds. The zero-order valence-corrected chi connectivity index (χ0v) is 8.43. The summed E-state index contributed by atoms with van der Waals surface area (Å²) in [6.45, 7) is 2.60. The maximum Gasteiger partial charge on any atom is 0.230 e. The minimum atomic E-state index is 0.0736. The van der Waals surface area contributed by atoms with Gasteiger partial charge in [-0.15, -0.1) is 0 Å². The maximum absolute atomic E-state index is 11.8. The Hall–Kier alpha value is -1.49. The molecular formula is C10H13N3O2. The van der Waals surface area contributed by atoms with Gasteiger partial charge in [0.2, 0.25) is 5.91 Å². The average Bonchev–Trinajstić information content (AvgIpc) is 2.31. The van der Waals surface area contributed by atoms with Gasteiger partial charge in [0.15, 0.2) is 0 Å². The highest BCUT2D eigenvalue weighted by molar-refractivity contribution is 5.78. The van der Waals surface area contributed by atoms with Crippen LogP contribution in [0.25, 0.3) is 0 Å². The number of amides is 1. The number of morpholine rings is 1. The van der Waals surface area contributed by atoms with Crippen LogP contribution in [0.1, 0.15) is 5.82 Å². The first-order chi connectivity index (χ1) is 7.36. The zero-order valence-electron chi connectivity index (χ0n) is 8.43. The van der Waals surface area contributed by atoms with Gasteiger partial charge in [0, 0.05) is 25.5 Å². The van der Waals surface area contributed by atoms with E-state index in [4.69, 9.17) is 4.74 Å². The van der Waals surface area contributed by atoms with E-state index in [1.54, 1.807) is 23.4 Å². The summed E-state index contributed by atoms with van der Waals surface area (Å²) in [5, 5.41) is 0. The molecule has 2 rings (SSSR count). The van der Waals surface area contributed by atoms with Gasteiger partial charge in [0.25, 0.3) is 0 Å². The molecule has 1 aromatic rings. The number of hydrogen-bond acceptors (Lipinski definition) is 4. The molecule has 1 aliphatic heterocycles. The molecule has 0 atom stereocenters. The van der Waals surface area contributed by atoms with Crippen molar-refractivity contribution in [2.45, 2.75) is 6.42 Å². The lowest BCUT2D eigenvalue weighted by molar-refractivity contribution is -0.134. The number of rotatable bonds is 2. The minimum absolute atomic E-state index is 0.0736.